The van der Waals surface area contributed by atoms with Crippen molar-refractivity contribution in [2.75, 3.05) is 12.8 Å². The summed E-state index contributed by atoms with van der Waals surface area (Å²) in [6.45, 7) is 2.06. The van der Waals surface area contributed by atoms with Crippen LogP contribution in [0.3, 0.4) is 0 Å². The Balaban J connectivity index is 2.51. The van der Waals surface area contributed by atoms with Crippen LogP contribution < -0.4 is 10.5 Å². The highest BCUT2D eigenvalue weighted by atomic mass is 32.1. The first-order valence-corrected chi connectivity index (χ1v) is 5.38. The molecule has 1 heterocycles. The van der Waals surface area contributed by atoms with E-state index in [1.807, 2.05) is 18.2 Å². The molecule has 15 heavy (non-hydrogen) atoms. The smallest absolute Gasteiger partial charge is 0.180 e. The van der Waals surface area contributed by atoms with Gasteiger partial charge in [-0.3, -0.25) is 0 Å². The van der Waals surface area contributed by atoms with E-state index in [4.69, 9.17) is 10.5 Å². The van der Waals surface area contributed by atoms with Crippen molar-refractivity contribution in [3.05, 3.63) is 30.0 Å². The number of nitrogen functional groups attached to an aromatic ring is 1. The van der Waals surface area contributed by atoms with Crippen molar-refractivity contribution < 1.29 is 4.74 Å². The fraction of sp³-hybridized carbons (Fsp3) is 0.182. The Morgan fingerprint density at radius 3 is 2.80 bits per heavy atom. The zero-order valence-corrected chi connectivity index (χ0v) is 9.47. The third kappa shape index (κ3) is 1.94. The molecule has 2 aromatic rings. The normalized spacial score (nSPS) is 10.3. The molecule has 0 aliphatic carbocycles. The van der Waals surface area contributed by atoms with E-state index >= 15 is 0 Å². The van der Waals surface area contributed by atoms with Crippen LogP contribution in [0, 0.1) is 6.92 Å². The summed E-state index contributed by atoms with van der Waals surface area (Å²) >= 11 is 1.49. The van der Waals surface area contributed by atoms with Gasteiger partial charge in [-0.2, -0.15) is 0 Å². The summed E-state index contributed by atoms with van der Waals surface area (Å²) in [6, 6.07) is 5.98. The fourth-order valence-electron chi connectivity index (χ4n) is 1.41. The summed E-state index contributed by atoms with van der Waals surface area (Å²) in [5.74, 6) is 0.850. The number of nitrogens with two attached hydrogens (primary N) is 1. The van der Waals surface area contributed by atoms with Crippen molar-refractivity contribution in [3.63, 3.8) is 0 Å². The maximum Gasteiger partial charge on any atom is 0.180 e. The molecule has 0 spiro atoms. The molecule has 0 unspecified atom stereocenters. The molecular weight excluding hydrogens is 208 g/mol. The van der Waals surface area contributed by atoms with Gasteiger partial charge in [0.05, 0.1) is 12.0 Å². The summed E-state index contributed by atoms with van der Waals surface area (Å²) in [5.41, 5.74) is 7.93. The monoisotopic (exact) mass is 220 g/mol. The van der Waals surface area contributed by atoms with E-state index in [0.717, 1.165) is 16.2 Å². The number of anilines is 1. The molecule has 0 fully saturated rings. The average Bonchev–Trinajstić information content (AvgIpc) is 2.65. The lowest BCUT2D eigenvalue weighted by Gasteiger charge is -2.05. The van der Waals surface area contributed by atoms with Gasteiger partial charge in [0.2, 0.25) is 0 Å². The molecule has 0 atom stereocenters. The molecule has 0 saturated carbocycles. The first kappa shape index (κ1) is 9.98. The third-order valence-corrected chi connectivity index (χ3v) is 3.09. The van der Waals surface area contributed by atoms with Gasteiger partial charge in [0.25, 0.3) is 0 Å². The molecule has 3 nitrogen and oxygen atoms in total. The fourth-order valence-corrected chi connectivity index (χ4v) is 2.17. The van der Waals surface area contributed by atoms with E-state index < -0.39 is 0 Å². The second kappa shape index (κ2) is 3.90. The summed E-state index contributed by atoms with van der Waals surface area (Å²) < 4.78 is 5.19. The first-order chi connectivity index (χ1) is 7.20. The number of hydrogen-bond acceptors (Lipinski definition) is 4. The van der Waals surface area contributed by atoms with E-state index in [1.165, 1.54) is 16.9 Å². The summed E-state index contributed by atoms with van der Waals surface area (Å²) in [5, 5.41) is 0.590. The lowest BCUT2D eigenvalue weighted by molar-refractivity contribution is 0.415. The number of benzene rings is 1. The highest BCUT2D eigenvalue weighted by molar-refractivity contribution is 7.18. The molecular formula is C11H12N2OS. The van der Waals surface area contributed by atoms with Crippen LogP contribution in [0.2, 0.25) is 0 Å². The molecule has 0 bridgehead atoms. The lowest BCUT2D eigenvalue weighted by Crippen LogP contribution is -1.85. The molecule has 0 aliphatic rings. The Morgan fingerprint density at radius 1 is 1.40 bits per heavy atom. The number of aryl methyl sites for hydroxylation is 1. The van der Waals surface area contributed by atoms with Crippen molar-refractivity contribution in [1.82, 2.24) is 4.98 Å². The van der Waals surface area contributed by atoms with Gasteiger partial charge in [0, 0.05) is 6.20 Å². The van der Waals surface area contributed by atoms with Crippen LogP contribution >= 0.6 is 11.3 Å². The van der Waals surface area contributed by atoms with E-state index in [0.29, 0.717) is 5.13 Å². The molecule has 0 radical (unpaired) electrons. The largest absolute Gasteiger partial charge is 0.497 e. The quantitative estimate of drug-likeness (QED) is 0.846. The van der Waals surface area contributed by atoms with Gasteiger partial charge in [-0.05, 0) is 30.2 Å². The van der Waals surface area contributed by atoms with E-state index in [1.54, 1.807) is 13.3 Å². The number of methoxy groups -OCH3 is 1. The Kier molecular flexibility index (Phi) is 2.60. The van der Waals surface area contributed by atoms with Crippen molar-refractivity contribution in [2.24, 2.45) is 0 Å². The van der Waals surface area contributed by atoms with Crippen molar-refractivity contribution in [2.45, 2.75) is 6.92 Å². The topological polar surface area (TPSA) is 48.1 Å². The Labute approximate surface area is 92.5 Å². The van der Waals surface area contributed by atoms with Crippen LogP contribution in [-0.2, 0) is 0 Å². The first-order valence-electron chi connectivity index (χ1n) is 4.57. The van der Waals surface area contributed by atoms with Crippen LogP contribution in [0.15, 0.2) is 24.4 Å². The number of hydrogen-bond donors (Lipinski definition) is 1. The highest BCUT2D eigenvalue weighted by Gasteiger charge is 2.06. The van der Waals surface area contributed by atoms with Crippen molar-refractivity contribution in [3.8, 4) is 16.2 Å². The highest BCUT2D eigenvalue weighted by Crippen LogP contribution is 2.32. The maximum absolute atomic E-state index is 5.61. The van der Waals surface area contributed by atoms with Crippen molar-refractivity contribution in [1.29, 1.82) is 0 Å². The second-order valence-electron chi connectivity index (χ2n) is 3.24. The molecule has 0 amide bonds. The van der Waals surface area contributed by atoms with Crippen LogP contribution in [-0.4, -0.2) is 12.1 Å². The van der Waals surface area contributed by atoms with Crippen molar-refractivity contribution >= 4 is 16.5 Å². The third-order valence-electron chi connectivity index (χ3n) is 2.23. The van der Waals surface area contributed by atoms with Gasteiger partial charge < -0.3 is 10.5 Å². The Bertz CT molecular complexity index is 479. The van der Waals surface area contributed by atoms with Crippen LogP contribution in [0.25, 0.3) is 10.4 Å². The number of thiazole rings is 1. The summed E-state index contributed by atoms with van der Waals surface area (Å²) in [7, 11) is 1.66. The second-order valence-corrected chi connectivity index (χ2v) is 4.31. The van der Waals surface area contributed by atoms with Gasteiger partial charge in [-0.15, -0.1) is 0 Å². The number of nitrogens with zero attached hydrogens (tertiary/aromatic N) is 1. The van der Waals surface area contributed by atoms with Gasteiger partial charge >= 0.3 is 0 Å². The number of rotatable bonds is 2. The minimum atomic E-state index is 0.590. The predicted molar refractivity (Wildman–Crippen MR) is 63.3 cm³/mol. The minimum absolute atomic E-state index is 0.590. The molecule has 2 N–H and O–H groups in total. The van der Waals surface area contributed by atoms with Crippen LogP contribution in [0.5, 0.6) is 5.75 Å². The van der Waals surface area contributed by atoms with E-state index in [-0.39, 0.29) is 0 Å². The molecule has 0 aliphatic heterocycles. The maximum atomic E-state index is 5.61. The molecule has 1 aromatic carbocycles. The lowest BCUT2D eigenvalue weighted by atomic mass is 10.1. The number of ether oxygens (including phenoxy) is 1. The SMILES string of the molecule is COc1ccc(C)c(-c2cnc(N)s2)c1. The average molecular weight is 220 g/mol. The van der Waals surface area contributed by atoms with E-state index in [9.17, 15) is 0 Å². The van der Waals surface area contributed by atoms with E-state index in [2.05, 4.69) is 11.9 Å². The van der Waals surface area contributed by atoms with Gasteiger partial charge in [0.15, 0.2) is 5.13 Å². The van der Waals surface area contributed by atoms with Crippen LogP contribution in [0.1, 0.15) is 5.56 Å². The van der Waals surface area contributed by atoms with Crippen LogP contribution in [0.4, 0.5) is 5.13 Å². The number of aromatic nitrogens is 1. The zero-order chi connectivity index (χ0) is 10.8. The summed E-state index contributed by atoms with van der Waals surface area (Å²) in [6.07, 6.45) is 1.79. The molecule has 4 heteroatoms. The Morgan fingerprint density at radius 2 is 2.20 bits per heavy atom. The molecule has 78 valence electrons. The summed E-state index contributed by atoms with van der Waals surface area (Å²) in [4.78, 5) is 5.12. The van der Waals surface area contributed by atoms with Gasteiger partial charge in [0.1, 0.15) is 5.75 Å². The standard InChI is InChI=1S/C11H12N2OS/c1-7-3-4-8(14-2)5-9(7)10-6-13-11(12)15-10/h3-6H,1-2H3,(H2,12,13). The molecule has 0 saturated heterocycles. The van der Waals surface area contributed by atoms with Gasteiger partial charge in [-0.25, -0.2) is 4.98 Å². The Hall–Kier alpha value is -1.55. The zero-order valence-electron chi connectivity index (χ0n) is 8.65. The molecule has 1 aromatic heterocycles. The minimum Gasteiger partial charge on any atom is -0.497 e. The molecule has 2 rings (SSSR count). The van der Waals surface area contributed by atoms with Gasteiger partial charge in [-0.1, -0.05) is 17.4 Å². The predicted octanol–water partition coefficient (Wildman–Crippen LogP) is 2.71.